The van der Waals surface area contributed by atoms with Gasteiger partial charge in [0.2, 0.25) is 0 Å². The van der Waals surface area contributed by atoms with Crippen molar-refractivity contribution in [1.82, 2.24) is 0 Å². The Morgan fingerprint density at radius 3 is 0.710 bits per heavy atom. The molecule has 0 heterocycles. The standard InChI is InChI=1S/C21H56O4Si6/c1-26(2,3)22-30(13,23-27(4,5)6)20-18-16-15-17-19-21-31(14,24-28(7,8)9)25-29(10,11)12/h15-21H2,1-14H3. The maximum atomic E-state index is 6.64. The largest absolute Gasteiger partial charge is 0.437 e. The molecular formula is C21H56O4Si6. The summed E-state index contributed by atoms with van der Waals surface area (Å²) < 4.78 is 26.5. The molecule has 0 amide bonds. The quantitative estimate of drug-likeness (QED) is 0.145. The Balaban J connectivity index is 4.57. The molecule has 0 spiro atoms. The first kappa shape index (κ1) is 32.1. The van der Waals surface area contributed by atoms with Crippen molar-refractivity contribution in [3.8, 4) is 0 Å². The molecule has 0 saturated heterocycles. The molecule has 0 N–H and O–H groups in total. The summed E-state index contributed by atoms with van der Waals surface area (Å²) in [6.07, 6.45) is 6.28. The SMILES string of the molecule is C[Si](C)(C)O[Si](C)(CCCCCCC[Si](C)(O[Si](C)(C)C)O[Si](C)(C)C)O[Si](C)(C)C. The van der Waals surface area contributed by atoms with Crippen LogP contribution in [-0.2, 0) is 16.5 Å². The van der Waals surface area contributed by atoms with Gasteiger partial charge in [0, 0.05) is 0 Å². The highest BCUT2D eigenvalue weighted by atomic mass is 28.5. The van der Waals surface area contributed by atoms with Crippen LogP contribution in [0.1, 0.15) is 32.1 Å². The van der Waals surface area contributed by atoms with E-state index in [-0.39, 0.29) is 0 Å². The molecule has 31 heavy (non-hydrogen) atoms. The van der Waals surface area contributed by atoms with Gasteiger partial charge in [0.25, 0.3) is 0 Å². The third-order valence-corrected chi connectivity index (χ3v) is 23.6. The molecule has 0 aliphatic heterocycles. The van der Waals surface area contributed by atoms with Crippen molar-refractivity contribution in [1.29, 1.82) is 0 Å². The number of hydrogen-bond donors (Lipinski definition) is 0. The summed E-state index contributed by atoms with van der Waals surface area (Å²) in [4.78, 5) is 0. The van der Waals surface area contributed by atoms with Gasteiger partial charge in [-0.2, -0.15) is 0 Å². The van der Waals surface area contributed by atoms with Crippen molar-refractivity contribution < 1.29 is 16.5 Å². The zero-order valence-corrected chi connectivity index (χ0v) is 29.6. The predicted molar refractivity (Wildman–Crippen MR) is 154 cm³/mol. The molecular weight excluding hydrogens is 485 g/mol. The summed E-state index contributed by atoms with van der Waals surface area (Å²) in [6, 6.07) is 2.26. The van der Waals surface area contributed by atoms with E-state index >= 15 is 0 Å². The van der Waals surface area contributed by atoms with E-state index in [0.717, 1.165) is 12.1 Å². The van der Waals surface area contributed by atoms with Crippen LogP contribution in [0.4, 0.5) is 0 Å². The summed E-state index contributed by atoms with van der Waals surface area (Å²) in [6.45, 7) is 32.1. The zero-order valence-electron chi connectivity index (χ0n) is 23.6. The van der Waals surface area contributed by atoms with Crippen molar-refractivity contribution in [2.24, 2.45) is 0 Å². The predicted octanol–water partition coefficient (Wildman–Crippen LogP) is 8.49. The molecule has 0 aromatic carbocycles. The van der Waals surface area contributed by atoms with Crippen LogP contribution in [0, 0.1) is 0 Å². The second-order valence-electron chi connectivity index (χ2n) is 13.4. The Bertz CT molecular complexity index is 440. The fraction of sp³-hybridized carbons (Fsp3) is 1.00. The third kappa shape index (κ3) is 19.2. The first-order valence-electron chi connectivity index (χ1n) is 12.3. The Kier molecular flexibility index (Phi) is 12.7. The van der Waals surface area contributed by atoms with Crippen LogP contribution in [-0.4, -0.2) is 50.4 Å². The van der Waals surface area contributed by atoms with Crippen molar-refractivity contribution >= 4 is 50.4 Å². The highest BCUT2D eigenvalue weighted by molar-refractivity contribution is 6.88. The average Bonchev–Trinajstić information content (AvgIpc) is 2.37. The van der Waals surface area contributed by atoms with E-state index in [9.17, 15) is 0 Å². The lowest BCUT2D eigenvalue weighted by molar-refractivity contribution is 0.379. The molecule has 0 atom stereocenters. The van der Waals surface area contributed by atoms with E-state index in [1.54, 1.807) is 0 Å². The van der Waals surface area contributed by atoms with Gasteiger partial charge in [0.1, 0.15) is 0 Å². The molecule has 0 aromatic rings. The molecule has 4 nitrogen and oxygen atoms in total. The second-order valence-corrected chi connectivity index (χ2v) is 39.1. The molecule has 0 aliphatic rings. The van der Waals surface area contributed by atoms with Crippen molar-refractivity contribution in [2.75, 3.05) is 0 Å². The Labute approximate surface area is 202 Å². The van der Waals surface area contributed by atoms with Gasteiger partial charge in [-0.3, -0.25) is 0 Å². The Hall–Kier alpha value is 1.14. The van der Waals surface area contributed by atoms with Gasteiger partial charge >= 0.3 is 17.1 Å². The van der Waals surface area contributed by atoms with E-state index in [2.05, 4.69) is 91.7 Å². The fourth-order valence-corrected chi connectivity index (χ4v) is 29.5. The van der Waals surface area contributed by atoms with Gasteiger partial charge in [-0.1, -0.05) is 32.1 Å². The third-order valence-electron chi connectivity index (χ3n) is 4.35. The van der Waals surface area contributed by atoms with Crippen molar-refractivity contribution in [3.63, 3.8) is 0 Å². The van der Waals surface area contributed by atoms with Gasteiger partial charge in [0.05, 0.1) is 0 Å². The molecule has 0 aliphatic carbocycles. The minimum Gasteiger partial charge on any atom is -0.437 e. The number of hydrogen-bond acceptors (Lipinski definition) is 4. The van der Waals surface area contributed by atoms with Crippen LogP contribution >= 0.6 is 0 Å². The molecule has 10 heteroatoms. The zero-order chi connectivity index (χ0) is 24.8. The average molecular weight is 541 g/mol. The maximum Gasteiger partial charge on any atom is 0.314 e. The van der Waals surface area contributed by atoms with Crippen molar-refractivity contribution in [2.45, 2.75) is 136 Å². The highest BCUT2D eigenvalue weighted by Gasteiger charge is 2.40. The minimum absolute atomic E-state index is 1.13. The van der Waals surface area contributed by atoms with Crippen LogP contribution in [0.15, 0.2) is 0 Å². The molecule has 0 unspecified atom stereocenters. The fourth-order valence-electron chi connectivity index (χ4n) is 4.26. The van der Waals surface area contributed by atoms with E-state index in [0.29, 0.717) is 0 Å². The lowest BCUT2D eigenvalue weighted by atomic mass is 10.2. The van der Waals surface area contributed by atoms with Gasteiger partial charge < -0.3 is 16.5 Å². The molecule has 0 aromatic heterocycles. The molecule has 0 saturated carbocycles. The maximum absolute atomic E-state index is 6.64. The first-order chi connectivity index (χ1) is 13.5. The molecule has 0 rings (SSSR count). The van der Waals surface area contributed by atoms with Crippen LogP contribution in [0.3, 0.4) is 0 Å². The monoisotopic (exact) mass is 540 g/mol. The van der Waals surface area contributed by atoms with E-state index in [1.165, 1.54) is 32.1 Å². The van der Waals surface area contributed by atoms with Crippen LogP contribution in [0.25, 0.3) is 0 Å². The summed E-state index contributed by atoms with van der Waals surface area (Å²) in [5.41, 5.74) is 0. The summed E-state index contributed by atoms with van der Waals surface area (Å²) in [7, 11) is -10.5. The topological polar surface area (TPSA) is 36.9 Å². The summed E-state index contributed by atoms with van der Waals surface area (Å²) in [5, 5.41) is 0. The number of rotatable bonds is 16. The van der Waals surface area contributed by atoms with Crippen LogP contribution < -0.4 is 0 Å². The summed E-state index contributed by atoms with van der Waals surface area (Å²) >= 11 is 0. The van der Waals surface area contributed by atoms with Crippen LogP contribution in [0.2, 0.25) is 104 Å². The highest BCUT2D eigenvalue weighted by Crippen LogP contribution is 2.28. The first-order valence-corrected chi connectivity index (χ1v) is 31.0. The van der Waals surface area contributed by atoms with E-state index in [1.807, 2.05) is 0 Å². The van der Waals surface area contributed by atoms with Gasteiger partial charge in [-0.15, -0.1) is 0 Å². The smallest absolute Gasteiger partial charge is 0.314 e. The van der Waals surface area contributed by atoms with Crippen LogP contribution in [0.5, 0.6) is 0 Å². The lowest BCUT2D eigenvalue weighted by Gasteiger charge is -2.38. The lowest BCUT2D eigenvalue weighted by Crippen LogP contribution is -2.52. The van der Waals surface area contributed by atoms with Gasteiger partial charge in [0.15, 0.2) is 33.3 Å². The van der Waals surface area contributed by atoms with Gasteiger partial charge in [-0.25, -0.2) is 0 Å². The molecule has 0 fully saturated rings. The van der Waals surface area contributed by atoms with Crippen molar-refractivity contribution in [3.05, 3.63) is 0 Å². The number of unbranched alkanes of at least 4 members (excludes halogenated alkanes) is 4. The normalized spacial score (nSPS) is 14.9. The summed E-state index contributed by atoms with van der Waals surface area (Å²) in [5.74, 6) is 0. The molecule has 0 bridgehead atoms. The van der Waals surface area contributed by atoms with Gasteiger partial charge in [-0.05, 0) is 104 Å². The molecule has 188 valence electrons. The van der Waals surface area contributed by atoms with E-state index in [4.69, 9.17) is 16.5 Å². The van der Waals surface area contributed by atoms with E-state index < -0.39 is 50.4 Å². The minimum atomic E-state index is -2.07. The Morgan fingerprint density at radius 1 is 0.323 bits per heavy atom. The Morgan fingerprint density at radius 2 is 0.516 bits per heavy atom. The second kappa shape index (κ2) is 12.2. The molecule has 0 radical (unpaired) electrons.